The third-order valence-electron chi connectivity index (χ3n) is 1.40. The van der Waals surface area contributed by atoms with Crippen molar-refractivity contribution < 1.29 is 0 Å². The van der Waals surface area contributed by atoms with Crippen molar-refractivity contribution in [2.45, 2.75) is 13.8 Å². The van der Waals surface area contributed by atoms with Crippen molar-refractivity contribution in [2.75, 3.05) is 0 Å². The van der Waals surface area contributed by atoms with Crippen LogP contribution in [0, 0.1) is 5.92 Å². The third-order valence-corrected chi connectivity index (χ3v) is 1.90. The molecule has 1 aromatic rings. The summed E-state index contributed by atoms with van der Waals surface area (Å²) >= 11 is 3.42. The van der Waals surface area contributed by atoms with Crippen LogP contribution >= 0.6 is 15.9 Å². The molecule has 0 heterocycles. The zero-order chi connectivity index (χ0) is 7.56. The van der Waals surface area contributed by atoms with Gasteiger partial charge in [-0.3, -0.25) is 0 Å². The normalized spacial score (nSPS) is 10.4. The lowest BCUT2D eigenvalue weighted by atomic mass is 10.0. The van der Waals surface area contributed by atoms with Gasteiger partial charge in [-0.05, 0) is 23.6 Å². The molecule has 0 amide bonds. The lowest BCUT2D eigenvalue weighted by Gasteiger charge is -2.03. The molecule has 1 heteroatoms. The van der Waals surface area contributed by atoms with Gasteiger partial charge in [-0.15, -0.1) is 0 Å². The number of benzene rings is 1. The van der Waals surface area contributed by atoms with Crippen molar-refractivity contribution in [3.05, 3.63) is 40.2 Å². The van der Waals surface area contributed by atoms with Crippen LogP contribution in [0.5, 0.6) is 0 Å². The summed E-state index contributed by atoms with van der Waals surface area (Å²) in [6, 6.07) is 8.31. The van der Waals surface area contributed by atoms with E-state index in [1.165, 1.54) is 11.5 Å². The van der Waals surface area contributed by atoms with Crippen LogP contribution in [-0.4, -0.2) is 0 Å². The second-order valence-electron chi connectivity index (χ2n) is 2.51. The van der Waals surface area contributed by atoms with Crippen LogP contribution in [0.15, 0.2) is 28.7 Å². The lowest BCUT2D eigenvalue weighted by molar-refractivity contribution is 1.15. The Labute approximate surface area is 70.4 Å². The minimum Gasteiger partial charge on any atom is -0.0609 e. The largest absolute Gasteiger partial charge is 0.0609 e. The number of halogens is 1. The molecule has 1 aromatic carbocycles. The molecule has 0 unspecified atom stereocenters. The van der Waals surface area contributed by atoms with Crippen LogP contribution in [0.25, 0.3) is 0 Å². The molecule has 0 bridgehead atoms. The molecule has 0 aliphatic heterocycles. The number of hydrogen-bond acceptors (Lipinski definition) is 0. The van der Waals surface area contributed by atoms with Gasteiger partial charge in [0.05, 0.1) is 0 Å². The van der Waals surface area contributed by atoms with E-state index < -0.39 is 0 Å². The highest BCUT2D eigenvalue weighted by Gasteiger charge is 1.97. The molecule has 0 saturated heterocycles. The Bertz CT molecular complexity index is 216. The summed E-state index contributed by atoms with van der Waals surface area (Å²) in [5.41, 5.74) is 1.30. The van der Waals surface area contributed by atoms with Crippen LogP contribution in [0.1, 0.15) is 19.4 Å². The van der Waals surface area contributed by atoms with Crippen molar-refractivity contribution >= 4 is 15.9 Å². The van der Waals surface area contributed by atoms with E-state index in [1.807, 2.05) is 12.1 Å². The average molecular weight is 198 g/mol. The highest BCUT2D eigenvalue weighted by molar-refractivity contribution is 9.10. The zero-order valence-electron chi connectivity index (χ0n) is 6.19. The Morgan fingerprint density at radius 1 is 1.30 bits per heavy atom. The van der Waals surface area contributed by atoms with Gasteiger partial charge in [0, 0.05) is 4.47 Å². The van der Waals surface area contributed by atoms with Gasteiger partial charge in [0.15, 0.2) is 0 Å². The van der Waals surface area contributed by atoms with Gasteiger partial charge in [-0.1, -0.05) is 41.9 Å². The number of rotatable bonds is 1. The molecule has 0 atom stereocenters. The Morgan fingerprint density at radius 2 is 2.00 bits per heavy atom. The van der Waals surface area contributed by atoms with E-state index in [4.69, 9.17) is 0 Å². The predicted molar refractivity (Wildman–Crippen MR) is 47.8 cm³/mol. The fourth-order valence-electron chi connectivity index (χ4n) is 0.799. The highest BCUT2D eigenvalue weighted by atomic mass is 79.9. The van der Waals surface area contributed by atoms with Crippen molar-refractivity contribution in [1.29, 1.82) is 0 Å². The Balaban J connectivity index is 2.96. The molecule has 1 rings (SSSR count). The van der Waals surface area contributed by atoms with Crippen molar-refractivity contribution in [2.24, 2.45) is 0 Å². The zero-order valence-corrected chi connectivity index (χ0v) is 7.77. The first-order valence-corrected chi connectivity index (χ1v) is 4.05. The molecule has 0 saturated carbocycles. The average Bonchev–Trinajstić information content (AvgIpc) is 1.88. The first kappa shape index (κ1) is 7.80. The molecule has 0 aliphatic carbocycles. The maximum Gasteiger partial charge on any atom is 0.0178 e. The standard InChI is InChI=1S/C9H10Br/c1-7(2)8-4-3-5-9(10)6-8/h3-6H,1-2H3. The smallest absolute Gasteiger partial charge is 0.0178 e. The van der Waals surface area contributed by atoms with E-state index >= 15 is 0 Å². The topological polar surface area (TPSA) is 0 Å². The Hall–Kier alpha value is -0.300. The molecule has 0 aliphatic rings. The second kappa shape index (κ2) is 3.20. The summed E-state index contributed by atoms with van der Waals surface area (Å²) in [4.78, 5) is 0. The van der Waals surface area contributed by atoms with Crippen LogP contribution in [0.2, 0.25) is 0 Å². The van der Waals surface area contributed by atoms with E-state index in [-0.39, 0.29) is 0 Å². The number of hydrogen-bond donors (Lipinski definition) is 0. The molecular weight excluding hydrogens is 188 g/mol. The summed E-state index contributed by atoms with van der Waals surface area (Å²) in [5, 5.41) is 0. The van der Waals surface area contributed by atoms with Crippen molar-refractivity contribution in [1.82, 2.24) is 0 Å². The maximum atomic E-state index is 3.42. The van der Waals surface area contributed by atoms with Gasteiger partial charge >= 0.3 is 0 Å². The fraction of sp³-hybridized carbons (Fsp3) is 0.222. The molecule has 10 heavy (non-hydrogen) atoms. The summed E-state index contributed by atoms with van der Waals surface area (Å²) in [7, 11) is 0. The van der Waals surface area contributed by atoms with E-state index in [9.17, 15) is 0 Å². The van der Waals surface area contributed by atoms with Crippen molar-refractivity contribution in [3.63, 3.8) is 0 Å². The van der Waals surface area contributed by atoms with Gasteiger partial charge in [0.25, 0.3) is 0 Å². The molecule has 0 fully saturated rings. The molecule has 0 aromatic heterocycles. The van der Waals surface area contributed by atoms with Crippen LogP contribution < -0.4 is 0 Å². The Morgan fingerprint density at radius 3 is 2.40 bits per heavy atom. The SMILES string of the molecule is C[C](C)c1cccc(Br)c1. The summed E-state index contributed by atoms with van der Waals surface area (Å²) in [6.45, 7) is 4.23. The predicted octanol–water partition coefficient (Wildman–Crippen LogP) is 3.41. The first-order chi connectivity index (χ1) is 4.70. The minimum atomic E-state index is 1.14. The van der Waals surface area contributed by atoms with Gasteiger partial charge < -0.3 is 0 Å². The highest BCUT2D eigenvalue weighted by Crippen LogP contribution is 2.17. The van der Waals surface area contributed by atoms with Crippen LogP contribution in [0.3, 0.4) is 0 Å². The molecule has 0 nitrogen and oxygen atoms in total. The quantitative estimate of drug-likeness (QED) is 0.648. The molecule has 53 valence electrons. The molecule has 1 radical (unpaired) electrons. The summed E-state index contributed by atoms with van der Waals surface area (Å²) in [5.74, 6) is 1.35. The third kappa shape index (κ3) is 1.84. The second-order valence-corrected chi connectivity index (χ2v) is 3.43. The lowest BCUT2D eigenvalue weighted by Crippen LogP contribution is -1.85. The Kier molecular flexibility index (Phi) is 2.50. The monoisotopic (exact) mass is 197 g/mol. The maximum absolute atomic E-state index is 3.42. The van der Waals surface area contributed by atoms with E-state index in [0.717, 1.165) is 4.47 Å². The molecular formula is C9H10Br. The first-order valence-electron chi connectivity index (χ1n) is 3.26. The molecule has 0 spiro atoms. The van der Waals surface area contributed by atoms with Crippen LogP contribution in [0.4, 0.5) is 0 Å². The summed E-state index contributed by atoms with van der Waals surface area (Å²) < 4.78 is 1.14. The fourth-order valence-corrected chi connectivity index (χ4v) is 1.20. The summed E-state index contributed by atoms with van der Waals surface area (Å²) in [6.07, 6.45) is 0. The molecule has 0 N–H and O–H groups in total. The minimum absolute atomic E-state index is 1.14. The van der Waals surface area contributed by atoms with Gasteiger partial charge in [0.2, 0.25) is 0 Å². The van der Waals surface area contributed by atoms with Crippen molar-refractivity contribution in [3.8, 4) is 0 Å². The van der Waals surface area contributed by atoms with Gasteiger partial charge in [-0.25, -0.2) is 0 Å². The van der Waals surface area contributed by atoms with Gasteiger partial charge in [-0.2, -0.15) is 0 Å². The van der Waals surface area contributed by atoms with Gasteiger partial charge in [0.1, 0.15) is 0 Å². The van der Waals surface area contributed by atoms with E-state index in [2.05, 4.69) is 41.9 Å². The van der Waals surface area contributed by atoms with E-state index in [1.54, 1.807) is 0 Å². The van der Waals surface area contributed by atoms with Crippen LogP contribution in [-0.2, 0) is 0 Å². The van der Waals surface area contributed by atoms with E-state index in [0.29, 0.717) is 0 Å².